The van der Waals surface area contributed by atoms with Crippen LogP contribution in [0.2, 0.25) is 0 Å². The standard InChI is InChI=1S/C16H20F3N5O/c1-23-10-20-7-12(23)4-5-14(25)24-6-2-3-11(9-24)15-21-8-13(22-15)16(17,18)19/h7-8,10-11H,2-6,9H2,1H3,(H,21,22)/t11-/m1/s1. The maximum atomic E-state index is 12.7. The van der Waals surface area contributed by atoms with Crippen molar-refractivity contribution in [1.29, 1.82) is 0 Å². The van der Waals surface area contributed by atoms with Crippen LogP contribution in [0, 0.1) is 0 Å². The van der Waals surface area contributed by atoms with Crippen molar-refractivity contribution in [2.75, 3.05) is 13.1 Å². The number of H-pyrrole nitrogens is 1. The molecule has 0 unspecified atom stereocenters. The largest absolute Gasteiger partial charge is 0.432 e. The van der Waals surface area contributed by atoms with Crippen molar-refractivity contribution in [2.45, 2.75) is 37.8 Å². The summed E-state index contributed by atoms with van der Waals surface area (Å²) in [5.74, 6) is 0.121. The number of aromatic nitrogens is 4. The highest BCUT2D eigenvalue weighted by Crippen LogP contribution is 2.31. The Morgan fingerprint density at radius 2 is 2.20 bits per heavy atom. The number of aromatic amines is 1. The number of likely N-dealkylation sites (tertiary alicyclic amines) is 1. The van der Waals surface area contributed by atoms with Gasteiger partial charge in [-0.25, -0.2) is 9.97 Å². The minimum Gasteiger partial charge on any atom is -0.342 e. The number of nitrogens with zero attached hydrogens (tertiary/aromatic N) is 4. The number of amides is 1. The third-order valence-electron chi connectivity index (χ3n) is 4.57. The van der Waals surface area contributed by atoms with Gasteiger partial charge in [-0.15, -0.1) is 0 Å². The summed E-state index contributed by atoms with van der Waals surface area (Å²) in [4.78, 5) is 24.4. The first kappa shape index (κ1) is 17.5. The number of hydrogen-bond donors (Lipinski definition) is 1. The van der Waals surface area contributed by atoms with Crippen molar-refractivity contribution in [3.8, 4) is 0 Å². The second-order valence-electron chi connectivity index (χ2n) is 6.35. The van der Waals surface area contributed by atoms with E-state index in [2.05, 4.69) is 15.0 Å². The van der Waals surface area contributed by atoms with Gasteiger partial charge in [-0.3, -0.25) is 4.79 Å². The lowest BCUT2D eigenvalue weighted by Crippen LogP contribution is -2.39. The molecule has 0 aromatic carbocycles. The Morgan fingerprint density at radius 3 is 2.84 bits per heavy atom. The summed E-state index contributed by atoms with van der Waals surface area (Å²) < 4.78 is 40.0. The quantitative estimate of drug-likeness (QED) is 0.916. The van der Waals surface area contributed by atoms with Crippen LogP contribution in [0.5, 0.6) is 0 Å². The number of carbonyl (C=O) groups excluding carboxylic acids is 1. The van der Waals surface area contributed by atoms with Crippen molar-refractivity contribution in [3.63, 3.8) is 0 Å². The van der Waals surface area contributed by atoms with Crippen LogP contribution in [0.25, 0.3) is 0 Å². The molecule has 0 spiro atoms. The molecule has 1 aliphatic rings. The lowest BCUT2D eigenvalue weighted by Gasteiger charge is -2.32. The smallest absolute Gasteiger partial charge is 0.342 e. The Morgan fingerprint density at radius 1 is 1.40 bits per heavy atom. The third-order valence-corrected chi connectivity index (χ3v) is 4.57. The van der Waals surface area contributed by atoms with Crippen LogP contribution in [0.4, 0.5) is 13.2 Å². The Kier molecular flexibility index (Phi) is 4.82. The summed E-state index contributed by atoms with van der Waals surface area (Å²) in [5, 5.41) is 0. The van der Waals surface area contributed by atoms with Gasteiger partial charge in [0.25, 0.3) is 0 Å². The molecule has 2 aromatic heterocycles. The molecule has 6 nitrogen and oxygen atoms in total. The fourth-order valence-corrected chi connectivity index (χ4v) is 3.13. The van der Waals surface area contributed by atoms with Crippen LogP contribution in [0.3, 0.4) is 0 Å². The van der Waals surface area contributed by atoms with Crippen molar-refractivity contribution in [1.82, 2.24) is 24.4 Å². The van der Waals surface area contributed by atoms with Gasteiger partial charge < -0.3 is 14.5 Å². The molecule has 9 heteroatoms. The van der Waals surface area contributed by atoms with E-state index in [1.54, 1.807) is 17.4 Å². The highest BCUT2D eigenvalue weighted by Gasteiger charge is 2.34. The van der Waals surface area contributed by atoms with E-state index in [-0.39, 0.29) is 11.8 Å². The molecule has 0 bridgehead atoms. The zero-order valence-electron chi connectivity index (χ0n) is 13.9. The molecule has 1 fully saturated rings. The van der Waals surface area contributed by atoms with Crippen molar-refractivity contribution < 1.29 is 18.0 Å². The predicted octanol–water partition coefficient (Wildman–Crippen LogP) is 2.50. The maximum absolute atomic E-state index is 12.7. The molecule has 1 saturated heterocycles. The van der Waals surface area contributed by atoms with E-state index in [9.17, 15) is 18.0 Å². The molecule has 1 amide bonds. The highest BCUT2D eigenvalue weighted by atomic mass is 19.4. The van der Waals surface area contributed by atoms with Crippen LogP contribution in [0.1, 0.15) is 42.4 Å². The van der Waals surface area contributed by atoms with E-state index in [1.165, 1.54) is 0 Å². The molecule has 0 radical (unpaired) electrons. The molecule has 0 aliphatic carbocycles. The fourth-order valence-electron chi connectivity index (χ4n) is 3.13. The second-order valence-corrected chi connectivity index (χ2v) is 6.35. The number of halogens is 3. The van der Waals surface area contributed by atoms with Gasteiger partial charge >= 0.3 is 6.18 Å². The predicted molar refractivity (Wildman–Crippen MR) is 83.7 cm³/mol. The molecule has 1 aliphatic heterocycles. The van der Waals surface area contributed by atoms with E-state index >= 15 is 0 Å². The van der Waals surface area contributed by atoms with Gasteiger partial charge in [0.2, 0.25) is 5.91 Å². The summed E-state index contributed by atoms with van der Waals surface area (Å²) in [6, 6.07) is 0. The number of aryl methyl sites for hydroxylation is 2. The van der Waals surface area contributed by atoms with Gasteiger partial charge in [-0.05, 0) is 19.3 Å². The Bertz CT molecular complexity index is 736. The van der Waals surface area contributed by atoms with Crippen LogP contribution in [-0.4, -0.2) is 43.4 Å². The van der Waals surface area contributed by atoms with Gasteiger partial charge in [0, 0.05) is 44.4 Å². The van der Waals surface area contributed by atoms with Crippen molar-refractivity contribution in [3.05, 3.63) is 35.9 Å². The number of hydrogen-bond acceptors (Lipinski definition) is 3. The number of carbonyl (C=O) groups is 1. The van der Waals surface area contributed by atoms with E-state index < -0.39 is 11.9 Å². The molecule has 25 heavy (non-hydrogen) atoms. The topological polar surface area (TPSA) is 66.8 Å². The number of piperidine rings is 1. The maximum Gasteiger partial charge on any atom is 0.432 e. The Labute approximate surface area is 143 Å². The lowest BCUT2D eigenvalue weighted by atomic mass is 9.97. The normalized spacial score (nSPS) is 18.6. The Hall–Kier alpha value is -2.32. The molecule has 2 aromatic rings. The molecule has 1 atom stereocenters. The zero-order valence-corrected chi connectivity index (χ0v) is 13.9. The monoisotopic (exact) mass is 355 g/mol. The lowest BCUT2D eigenvalue weighted by molar-refractivity contribution is -0.141. The van der Waals surface area contributed by atoms with Crippen molar-refractivity contribution >= 4 is 5.91 Å². The zero-order chi connectivity index (χ0) is 18.0. The van der Waals surface area contributed by atoms with Crippen LogP contribution < -0.4 is 0 Å². The molecule has 3 heterocycles. The molecule has 136 valence electrons. The molecular weight excluding hydrogens is 335 g/mol. The average molecular weight is 355 g/mol. The van der Waals surface area contributed by atoms with Gasteiger partial charge in [0.15, 0.2) is 0 Å². The SMILES string of the molecule is Cn1cncc1CCC(=O)N1CCC[C@@H](c2ncc(C(F)(F)F)[nH]2)C1. The number of nitrogens with one attached hydrogen (secondary N) is 1. The molecule has 1 N–H and O–H groups in total. The number of alkyl halides is 3. The van der Waals surface area contributed by atoms with Gasteiger partial charge in [0.05, 0.1) is 12.5 Å². The minimum absolute atomic E-state index is 0.00787. The van der Waals surface area contributed by atoms with E-state index in [1.807, 2.05) is 11.6 Å². The first-order valence-corrected chi connectivity index (χ1v) is 8.19. The number of imidazole rings is 2. The van der Waals surface area contributed by atoms with Gasteiger partial charge in [-0.2, -0.15) is 13.2 Å². The van der Waals surface area contributed by atoms with E-state index in [4.69, 9.17) is 0 Å². The van der Waals surface area contributed by atoms with Crippen LogP contribution in [0.15, 0.2) is 18.7 Å². The first-order chi connectivity index (χ1) is 11.8. The third kappa shape index (κ3) is 4.02. The second kappa shape index (κ2) is 6.89. The van der Waals surface area contributed by atoms with Crippen LogP contribution in [-0.2, 0) is 24.4 Å². The summed E-state index contributed by atoms with van der Waals surface area (Å²) >= 11 is 0. The summed E-state index contributed by atoms with van der Waals surface area (Å²) in [6.45, 7) is 1.03. The molecular formula is C16H20F3N5O. The summed E-state index contributed by atoms with van der Waals surface area (Å²) in [5.41, 5.74) is 0.130. The van der Waals surface area contributed by atoms with Gasteiger partial charge in [0.1, 0.15) is 11.5 Å². The number of rotatable bonds is 4. The average Bonchev–Trinajstić information content (AvgIpc) is 3.21. The summed E-state index contributed by atoms with van der Waals surface area (Å²) in [7, 11) is 1.87. The fraction of sp³-hybridized carbons (Fsp3) is 0.562. The molecule has 0 saturated carbocycles. The first-order valence-electron chi connectivity index (χ1n) is 8.19. The summed E-state index contributed by atoms with van der Waals surface area (Å²) in [6.07, 6.45) is 2.23. The van der Waals surface area contributed by atoms with Crippen molar-refractivity contribution in [2.24, 2.45) is 7.05 Å². The minimum atomic E-state index is -4.43. The van der Waals surface area contributed by atoms with E-state index in [0.29, 0.717) is 31.8 Å². The highest BCUT2D eigenvalue weighted by molar-refractivity contribution is 5.76. The Balaban J connectivity index is 1.60. The molecule has 3 rings (SSSR count). The van der Waals surface area contributed by atoms with Crippen LogP contribution >= 0.6 is 0 Å². The van der Waals surface area contributed by atoms with Gasteiger partial charge in [-0.1, -0.05) is 0 Å². The van der Waals surface area contributed by atoms with E-state index in [0.717, 1.165) is 24.7 Å².